The Balaban J connectivity index is 1.13. The molecule has 0 aliphatic carbocycles. The molecule has 0 atom stereocenters. The molecule has 2 amide bonds. The number of nitrogens with zero attached hydrogens (tertiary/aromatic N) is 3. The molecule has 8 nitrogen and oxygen atoms in total. The number of carbonyl (C=O) groups excluding carboxylic acids is 2. The van der Waals surface area contributed by atoms with Crippen molar-refractivity contribution in [3.8, 4) is 17.1 Å². The first-order valence-corrected chi connectivity index (χ1v) is 12.2. The minimum absolute atomic E-state index is 0.0231. The number of pyridine rings is 1. The van der Waals surface area contributed by atoms with Crippen LogP contribution in [0.5, 0.6) is 5.75 Å². The molecule has 0 radical (unpaired) electrons. The Hall–Kier alpha value is -4.60. The number of piperidine rings is 1. The second kappa shape index (κ2) is 11.2. The van der Waals surface area contributed by atoms with Crippen LogP contribution in [0.15, 0.2) is 79.3 Å². The predicted octanol–water partition coefficient (Wildman–Crippen LogP) is 5.35. The third-order valence-corrected chi connectivity index (χ3v) is 6.52. The summed E-state index contributed by atoms with van der Waals surface area (Å²) in [7, 11) is 0. The van der Waals surface area contributed by atoms with E-state index < -0.39 is 12.5 Å². The SMILES string of the molecule is O=C(Nc1ccc(C2CCN(C(=O)c3ccc(-c4ncc[nH]4)cc3)CC2)cc1)c1ccc(OC(F)F)cn1. The van der Waals surface area contributed by atoms with Gasteiger partial charge in [0, 0.05) is 42.3 Å². The summed E-state index contributed by atoms with van der Waals surface area (Å²) < 4.78 is 28.8. The predicted molar refractivity (Wildman–Crippen MR) is 137 cm³/mol. The highest BCUT2D eigenvalue weighted by Gasteiger charge is 2.24. The second-order valence-corrected chi connectivity index (χ2v) is 8.92. The number of aromatic nitrogens is 3. The van der Waals surface area contributed by atoms with Crippen molar-refractivity contribution in [2.75, 3.05) is 18.4 Å². The summed E-state index contributed by atoms with van der Waals surface area (Å²) in [6, 6.07) is 17.6. The molecular formula is C28H25F2N5O3. The largest absolute Gasteiger partial charge is 0.433 e. The Bertz CT molecular complexity index is 1370. The number of rotatable bonds is 7. The average molecular weight is 518 g/mol. The number of hydrogen-bond acceptors (Lipinski definition) is 5. The zero-order chi connectivity index (χ0) is 26.5. The number of aromatic amines is 1. The summed E-state index contributed by atoms with van der Waals surface area (Å²) in [4.78, 5) is 38.5. The van der Waals surface area contributed by atoms with Crippen molar-refractivity contribution < 1.29 is 23.1 Å². The average Bonchev–Trinajstić information content (AvgIpc) is 3.49. The maximum atomic E-state index is 13.0. The van der Waals surface area contributed by atoms with Crippen molar-refractivity contribution in [2.24, 2.45) is 0 Å². The number of alkyl halides is 2. The molecule has 1 aliphatic heterocycles. The maximum Gasteiger partial charge on any atom is 0.387 e. The molecular weight excluding hydrogens is 492 g/mol. The van der Waals surface area contributed by atoms with Crippen LogP contribution in [0.25, 0.3) is 11.4 Å². The van der Waals surface area contributed by atoms with E-state index in [1.54, 1.807) is 12.4 Å². The maximum absolute atomic E-state index is 13.0. The molecule has 0 spiro atoms. The van der Waals surface area contributed by atoms with Gasteiger partial charge < -0.3 is 19.9 Å². The van der Waals surface area contributed by atoms with Crippen LogP contribution in [0, 0.1) is 0 Å². The molecule has 2 aromatic carbocycles. The van der Waals surface area contributed by atoms with Crippen molar-refractivity contribution >= 4 is 17.5 Å². The Morgan fingerprint density at radius 1 is 0.974 bits per heavy atom. The Labute approximate surface area is 217 Å². The fourth-order valence-corrected chi connectivity index (χ4v) is 4.51. The molecule has 5 rings (SSSR count). The number of H-pyrrole nitrogens is 1. The number of likely N-dealkylation sites (tertiary alicyclic amines) is 1. The number of anilines is 1. The van der Waals surface area contributed by atoms with Gasteiger partial charge in [0.1, 0.15) is 17.3 Å². The van der Waals surface area contributed by atoms with E-state index in [2.05, 4.69) is 25.0 Å². The number of amides is 2. The number of carbonyl (C=O) groups is 2. The highest BCUT2D eigenvalue weighted by Crippen LogP contribution is 2.30. The molecule has 2 N–H and O–H groups in total. The molecule has 1 saturated heterocycles. The molecule has 3 heterocycles. The van der Waals surface area contributed by atoms with E-state index >= 15 is 0 Å². The molecule has 2 aromatic heterocycles. The summed E-state index contributed by atoms with van der Waals surface area (Å²) in [5.41, 5.74) is 3.41. The molecule has 4 aromatic rings. The van der Waals surface area contributed by atoms with Crippen LogP contribution in [0.4, 0.5) is 14.5 Å². The highest BCUT2D eigenvalue weighted by molar-refractivity contribution is 6.02. The van der Waals surface area contributed by atoms with Gasteiger partial charge in [0.05, 0.1) is 6.20 Å². The van der Waals surface area contributed by atoms with Crippen molar-refractivity contribution in [2.45, 2.75) is 25.4 Å². The summed E-state index contributed by atoms with van der Waals surface area (Å²) in [5, 5.41) is 2.75. The number of ether oxygens (including phenoxy) is 1. The smallest absolute Gasteiger partial charge is 0.387 e. The van der Waals surface area contributed by atoms with Crippen molar-refractivity contribution in [3.05, 3.63) is 96.1 Å². The van der Waals surface area contributed by atoms with Crippen molar-refractivity contribution in [1.29, 1.82) is 0 Å². The third kappa shape index (κ3) is 5.86. The van der Waals surface area contributed by atoms with E-state index in [0.29, 0.717) is 30.3 Å². The zero-order valence-electron chi connectivity index (χ0n) is 20.3. The first kappa shape index (κ1) is 25.1. The first-order valence-electron chi connectivity index (χ1n) is 12.2. The van der Waals surface area contributed by atoms with E-state index in [4.69, 9.17) is 0 Å². The van der Waals surface area contributed by atoms with Gasteiger partial charge in [0.25, 0.3) is 11.8 Å². The fraction of sp³-hybridized carbons (Fsp3) is 0.214. The Morgan fingerprint density at radius 3 is 2.32 bits per heavy atom. The lowest BCUT2D eigenvalue weighted by Gasteiger charge is -2.32. The lowest BCUT2D eigenvalue weighted by Crippen LogP contribution is -2.37. The minimum Gasteiger partial charge on any atom is -0.433 e. The number of nitrogens with one attached hydrogen (secondary N) is 2. The second-order valence-electron chi connectivity index (χ2n) is 8.92. The van der Waals surface area contributed by atoms with Crippen LogP contribution >= 0.6 is 0 Å². The molecule has 1 aliphatic rings. The topological polar surface area (TPSA) is 100 Å². The summed E-state index contributed by atoms with van der Waals surface area (Å²) in [5.74, 6) is 0.537. The molecule has 38 heavy (non-hydrogen) atoms. The summed E-state index contributed by atoms with van der Waals surface area (Å²) in [6.45, 7) is -1.62. The molecule has 0 bridgehead atoms. The van der Waals surface area contributed by atoms with E-state index in [9.17, 15) is 18.4 Å². The van der Waals surface area contributed by atoms with Crippen molar-refractivity contribution in [1.82, 2.24) is 19.9 Å². The number of imidazole rings is 1. The fourth-order valence-electron chi connectivity index (χ4n) is 4.51. The number of benzene rings is 2. The molecule has 0 saturated carbocycles. The quantitative estimate of drug-likeness (QED) is 0.345. The van der Waals surface area contributed by atoms with Gasteiger partial charge in [-0.05, 0) is 60.7 Å². The summed E-state index contributed by atoms with van der Waals surface area (Å²) >= 11 is 0. The Kier molecular flexibility index (Phi) is 7.39. The van der Waals surface area contributed by atoms with Gasteiger partial charge >= 0.3 is 6.61 Å². The third-order valence-electron chi connectivity index (χ3n) is 6.52. The monoisotopic (exact) mass is 517 g/mol. The van der Waals surface area contributed by atoms with E-state index in [1.807, 2.05) is 53.4 Å². The van der Waals surface area contributed by atoms with Gasteiger partial charge in [0.2, 0.25) is 0 Å². The highest BCUT2D eigenvalue weighted by atomic mass is 19.3. The van der Waals surface area contributed by atoms with Crippen LogP contribution in [-0.2, 0) is 0 Å². The summed E-state index contributed by atoms with van der Waals surface area (Å²) in [6.07, 6.45) is 6.23. The van der Waals surface area contributed by atoms with E-state index in [0.717, 1.165) is 36.0 Å². The van der Waals surface area contributed by atoms with Crippen LogP contribution in [0.3, 0.4) is 0 Å². The lowest BCUT2D eigenvalue weighted by atomic mass is 9.89. The molecule has 0 unspecified atom stereocenters. The van der Waals surface area contributed by atoms with Gasteiger partial charge in [-0.15, -0.1) is 0 Å². The molecule has 1 fully saturated rings. The lowest BCUT2D eigenvalue weighted by molar-refractivity contribution is -0.0500. The van der Waals surface area contributed by atoms with Gasteiger partial charge in [0.15, 0.2) is 0 Å². The van der Waals surface area contributed by atoms with Gasteiger partial charge in [-0.1, -0.05) is 24.3 Å². The number of halogens is 2. The van der Waals surface area contributed by atoms with E-state index in [1.165, 1.54) is 12.1 Å². The van der Waals surface area contributed by atoms with Gasteiger partial charge in [-0.3, -0.25) is 9.59 Å². The minimum atomic E-state index is -2.95. The Morgan fingerprint density at radius 2 is 1.71 bits per heavy atom. The van der Waals surface area contributed by atoms with Crippen molar-refractivity contribution in [3.63, 3.8) is 0 Å². The standard InChI is InChI=1S/C28H25F2N5O3/c29-28(30)38-23-9-10-24(33-17-23)26(36)34-22-7-5-18(6-8-22)19-11-15-35(16-12-19)27(37)21-3-1-20(2-4-21)25-31-13-14-32-25/h1-10,13-14,17,19,28H,11-12,15-16H2,(H,31,32)(H,34,36). The van der Waals surface area contributed by atoms with Gasteiger partial charge in [-0.2, -0.15) is 8.78 Å². The molecule has 10 heteroatoms. The van der Waals surface area contributed by atoms with Crippen LogP contribution in [0.1, 0.15) is 45.2 Å². The normalized spacial score (nSPS) is 13.9. The zero-order valence-corrected chi connectivity index (χ0v) is 20.3. The molecule has 194 valence electrons. The first-order chi connectivity index (χ1) is 18.5. The number of hydrogen-bond donors (Lipinski definition) is 2. The van der Waals surface area contributed by atoms with Crippen LogP contribution in [0.2, 0.25) is 0 Å². The van der Waals surface area contributed by atoms with Crippen LogP contribution < -0.4 is 10.1 Å². The van der Waals surface area contributed by atoms with E-state index in [-0.39, 0.29) is 17.4 Å². The van der Waals surface area contributed by atoms with Gasteiger partial charge in [-0.25, -0.2) is 9.97 Å². The van der Waals surface area contributed by atoms with Crippen LogP contribution in [-0.4, -0.2) is 51.4 Å².